The molecule has 0 aliphatic rings. The first-order valence-corrected chi connectivity index (χ1v) is 23.2. The summed E-state index contributed by atoms with van der Waals surface area (Å²) in [4.78, 5) is 142. The van der Waals surface area contributed by atoms with E-state index in [0.717, 1.165) is 0 Å². The van der Waals surface area contributed by atoms with Gasteiger partial charge in [0.25, 0.3) is 0 Å². The minimum atomic E-state index is -2.00. The second-order valence-electron chi connectivity index (χ2n) is 17.1. The van der Waals surface area contributed by atoms with Gasteiger partial charge in [-0.15, -0.1) is 0 Å². The van der Waals surface area contributed by atoms with Gasteiger partial charge in [0, 0.05) is 25.0 Å². The molecule has 7 amide bonds. The third-order valence-corrected chi connectivity index (χ3v) is 11.4. The topological polar surface area (TPSA) is 399 Å². The number of nitrogens with two attached hydrogens (primary N) is 1. The second kappa shape index (κ2) is 29.7. The van der Waals surface area contributed by atoms with Gasteiger partial charge in [-0.05, 0) is 54.4 Å². The van der Waals surface area contributed by atoms with Crippen LogP contribution in [0.5, 0.6) is 5.75 Å². The maximum Gasteiger partial charge on any atom is 0.326 e. The molecule has 0 fully saturated rings. The number of rotatable bonds is 31. The number of carbonyl (C=O) groups is 11. The van der Waals surface area contributed by atoms with Crippen LogP contribution in [0.2, 0.25) is 0 Å². The third kappa shape index (κ3) is 21.1. The maximum absolute atomic E-state index is 14.2. The first-order chi connectivity index (χ1) is 33.4. The summed E-state index contributed by atoms with van der Waals surface area (Å²) >= 11 is 4.27. The number of amides is 7. The zero-order valence-corrected chi connectivity index (χ0v) is 40.5. The minimum Gasteiger partial charge on any atom is -0.508 e. The van der Waals surface area contributed by atoms with Gasteiger partial charge in [-0.2, -0.15) is 12.6 Å². The van der Waals surface area contributed by atoms with Crippen molar-refractivity contribution in [3.05, 3.63) is 65.7 Å². The van der Waals surface area contributed by atoms with E-state index in [-0.39, 0.29) is 24.3 Å². The zero-order valence-electron chi connectivity index (χ0n) is 39.6. The summed E-state index contributed by atoms with van der Waals surface area (Å²) in [5, 5.41) is 63.7. The van der Waals surface area contributed by atoms with Crippen molar-refractivity contribution in [2.45, 2.75) is 127 Å². The van der Waals surface area contributed by atoms with Crippen LogP contribution in [0.1, 0.15) is 77.3 Å². The summed E-state index contributed by atoms with van der Waals surface area (Å²) in [6.07, 6.45) is -3.43. The highest BCUT2D eigenvalue weighted by Gasteiger charge is 2.36. The molecule has 25 heteroatoms. The number of aromatic hydroxyl groups is 1. The van der Waals surface area contributed by atoms with E-state index in [1.807, 2.05) is 5.32 Å². The van der Waals surface area contributed by atoms with Crippen molar-refractivity contribution in [2.75, 3.05) is 5.75 Å². The summed E-state index contributed by atoms with van der Waals surface area (Å²) in [6, 6.07) is 2.27. The maximum atomic E-state index is 14.2. The SMILES string of the molecule is CC[C@H](C)[C@H](NC(=O)[C@@H](N)Cc1ccc(O)cc1)C(=O)N[C@@H](CS)C(=O)N[C@@H](Cc1ccccc1)C(=O)N[C@H](C(=O)N[C@@H](CCC(=O)O)C(=O)N[C@@H](CC(=O)O)C(=O)N[C@@H](CCC(=O)O)C(=O)O)C(C)C. The Hall–Kier alpha value is -7.28. The molecule has 390 valence electrons. The molecule has 14 N–H and O–H groups in total. The highest BCUT2D eigenvalue weighted by atomic mass is 32.1. The van der Waals surface area contributed by atoms with E-state index in [2.05, 4.69) is 44.5 Å². The number of nitrogens with one attached hydrogen (secondary N) is 7. The van der Waals surface area contributed by atoms with E-state index < -0.39 is 158 Å². The molecule has 0 aliphatic heterocycles. The number of carboxylic acids is 4. The molecule has 71 heavy (non-hydrogen) atoms. The third-order valence-electron chi connectivity index (χ3n) is 11.1. The Balaban J connectivity index is 2.36. The molecular weight excluding hydrogens is 953 g/mol. The van der Waals surface area contributed by atoms with Gasteiger partial charge < -0.3 is 68.5 Å². The van der Waals surface area contributed by atoms with Crippen molar-refractivity contribution in [2.24, 2.45) is 17.6 Å². The molecule has 0 heterocycles. The van der Waals surface area contributed by atoms with Crippen LogP contribution in [-0.4, -0.2) is 145 Å². The zero-order chi connectivity index (χ0) is 53.5. The monoisotopic (exact) mass is 1020 g/mol. The number of benzene rings is 2. The van der Waals surface area contributed by atoms with Gasteiger partial charge in [-0.1, -0.05) is 76.6 Å². The summed E-state index contributed by atoms with van der Waals surface area (Å²) in [5.74, 6) is -14.5. The van der Waals surface area contributed by atoms with Gasteiger partial charge >= 0.3 is 23.9 Å². The smallest absolute Gasteiger partial charge is 0.326 e. The largest absolute Gasteiger partial charge is 0.508 e. The Labute approximate surface area is 414 Å². The van der Waals surface area contributed by atoms with E-state index in [1.54, 1.807) is 56.3 Å². The van der Waals surface area contributed by atoms with Crippen LogP contribution in [0.15, 0.2) is 54.6 Å². The fraction of sp³-hybridized carbons (Fsp3) is 0.500. The highest BCUT2D eigenvalue weighted by Crippen LogP contribution is 2.14. The lowest BCUT2D eigenvalue weighted by molar-refractivity contribution is -0.144. The molecule has 0 spiro atoms. The van der Waals surface area contributed by atoms with Crippen LogP contribution in [0.25, 0.3) is 0 Å². The fourth-order valence-corrected chi connectivity index (χ4v) is 7.03. The van der Waals surface area contributed by atoms with Crippen LogP contribution in [0.4, 0.5) is 0 Å². The van der Waals surface area contributed by atoms with Crippen molar-refractivity contribution in [3.63, 3.8) is 0 Å². The molecule has 24 nitrogen and oxygen atoms in total. The summed E-state index contributed by atoms with van der Waals surface area (Å²) in [6.45, 7) is 6.51. The molecule has 2 rings (SSSR count). The number of hydrogen-bond acceptors (Lipinski definition) is 14. The average molecular weight is 1020 g/mol. The van der Waals surface area contributed by atoms with Gasteiger partial charge in [0.1, 0.15) is 48.0 Å². The number of carboxylic acid groups (broad SMARTS) is 4. The van der Waals surface area contributed by atoms with Crippen LogP contribution in [0.3, 0.4) is 0 Å². The Morgan fingerprint density at radius 3 is 1.49 bits per heavy atom. The minimum absolute atomic E-state index is 0.0242. The Kier molecular flexibility index (Phi) is 25.0. The summed E-state index contributed by atoms with van der Waals surface area (Å²) < 4.78 is 0. The molecule has 0 saturated heterocycles. The molecule has 2 aromatic carbocycles. The number of carbonyl (C=O) groups excluding carboxylic acids is 7. The normalized spacial score (nSPS) is 14.8. The second-order valence-corrected chi connectivity index (χ2v) is 17.4. The molecule has 9 atom stereocenters. The average Bonchev–Trinajstić information content (AvgIpc) is 3.30. The van der Waals surface area contributed by atoms with E-state index in [0.29, 0.717) is 17.5 Å². The van der Waals surface area contributed by atoms with Crippen LogP contribution in [-0.2, 0) is 65.6 Å². The standard InChI is InChI=1S/C46H64N8O16S/c1-5-24(4)38(54-39(62)28(47)19-26-11-13-27(55)14-12-26)45(68)52-33(22-71)43(66)50-31(20-25-9-7-6-8-10-25)42(65)53-37(23(2)3)44(67)48-29(15-17-34(56)57)40(63)51-32(21-36(60)61)41(64)49-30(46(69)70)16-18-35(58)59/h6-14,23-24,28-33,37-38,55,71H,5,15-22,47H2,1-4H3,(H,48,67)(H,49,64)(H,50,66)(H,51,63)(H,52,68)(H,53,65)(H,54,62)(H,56,57)(H,58,59)(H,60,61)(H,69,70)/t24-,28-,29-,30-,31-,32-,33-,37-,38-/m0/s1. The van der Waals surface area contributed by atoms with Crippen LogP contribution >= 0.6 is 12.6 Å². The van der Waals surface area contributed by atoms with Crippen molar-refractivity contribution in [1.29, 1.82) is 0 Å². The lowest BCUT2D eigenvalue weighted by atomic mass is 9.97. The Morgan fingerprint density at radius 2 is 0.972 bits per heavy atom. The van der Waals surface area contributed by atoms with Crippen molar-refractivity contribution >= 4 is 77.9 Å². The van der Waals surface area contributed by atoms with Crippen molar-refractivity contribution < 1.29 is 78.3 Å². The predicted octanol–water partition coefficient (Wildman–Crippen LogP) is -1.18. The molecule has 0 unspecified atom stereocenters. The molecule has 2 aromatic rings. The molecule has 0 bridgehead atoms. The van der Waals surface area contributed by atoms with Crippen molar-refractivity contribution in [1.82, 2.24) is 37.2 Å². The quantitative estimate of drug-likeness (QED) is 0.0395. The molecule has 0 saturated carbocycles. The first-order valence-electron chi connectivity index (χ1n) is 22.6. The fourth-order valence-electron chi connectivity index (χ4n) is 6.77. The highest BCUT2D eigenvalue weighted by molar-refractivity contribution is 7.80. The number of phenolic OH excluding ortho intramolecular Hbond substituents is 1. The first kappa shape index (κ1) is 59.8. The predicted molar refractivity (Wildman–Crippen MR) is 255 cm³/mol. The lowest BCUT2D eigenvalue weighted by Gasteiger charge is -2.29. The lowest BCUT2D eigenvalue weighted by Crippen LogP contribution is -2.62. The Morgan fingerprint density at radius 1 is 0.521 bits per heavy atom. The number of aliphatic carboxylic acids is 4. The van der Waals surface area contributed by atoms with E-state index in [9.17, 15) is 73.2 Å². The molecular formula is C46H64N8O16S. The van der Waals surface area contributed by atoms with E-state index in [1.165, 1.54) is 26.0 Å². The van der Waals surface area contributed by atoms with Crippen molar-refractivity contribution in [3.8, 4) is 5.75 Å². The molecule has 0 aromatic heterocycles. The van der Waals surface area contributed by atoms with E-state index in [4.69, 9.17) is 10.8 Å². The van der Waals surface area contributed by atoms with Gasteiger partial charge in [0.2, 0.25) is 41.4 Å². The van der Waals surface area contributed by atoms with Crippen LogP contribution < -0.4 is 43.0 Å². The summed E-state index contributed by atoms with van der Waals surface area (Å²) in [5.41, 5.74) is 7.37. The molecule has 0 aliphatic carbocycles. The van der Waals surface area contributed by atoms with E-state index >= 15 is 0 Å². The number of hydrogen-bond donors (Lipinski definition) is 14. The molecule has 0 radical (unpaired) electrons. The van der Waals surface area contributed by atoms with Gasteiger partial charge in [-0.25, -0.2) is 4.79 Å². The van der Waals surface area contributed by atoms with Gasteiger partial charge in [0.05, 0.1) is 12.5 Å². The van der Waals surface area contributed by atoms with Gasteiger partial charge in [0.15, 0.2) is 0 Å². The van der Waals surface area contributed by atoms with Gasteiger partial charge in [-0.3, -0.25) is 47.9 Å². The summed E-state index contributed by atoms with van der Waals surface area (Å²) in [7, 11) is 0. The number of thiol groups is 1. The van der Waals surface area contributed by atoms with Crippen LogP contribution in [0, 0.1) is 11.8 Å². The Bertz CT molecular complexity index is 2200. The number of phenols is 1.